The van der Waals surface area contributed by atoms with Crippen LogP contribution in [-0.2, 0) is 33.9 Å². The lowest BCUT2D eigenvalue weighted by molar-refractivity contribution is -0.141. The fourth-order valence-corrected chi connectivity index (χ4v) is 8.35. The largest absolute Gasteiger partial charge is 0.491 e. The monoisotopic (exact) mass is 797 g/mol. The summed E-state index contributed by atoms with van der Waals surface area (Å²) in [5.74, 6) is -1.80. The minimum Gasteiger partial charge on any atom is -0.491 e. The van der Waals surface area contributed by atoms with E-state index in [9.17, 15) is 32.4 Å². The molecule has 3 fully saturated rings. The van der Waals surface area contributed by atoms with Crippen LogP contribution in [0.3, 0.4) is 0 Å². The van der Waals surface area contributed by atoms with E-state index in [0.29, 0.717) is 30.4 Å². The molecule has 1 aromatic heterocycles. The van der Waals surface area contributed by atoms with E-state index in [2.05, 4.69) is 20.3 Å². The Morgan fingerprint density at radius 2 is 1.80 bits per heavy atom. The lowest BCUT2D eigenvalue weighted by Gasteiger charge is -2.30. The fourth-order valence-electron chi connectivity index (χ4n) is 6.98. The van der Waals surface area contributed by atoms with E-state index in [-0.39, 0.29) is 55.9 Å². The van der Waals surface area contributed by atoms with Crippen LogP contribution in [0.1, 0.15) is 100 Å². The first-order valence-corrected chi connectivity index (χ1v) is 20.8. The number of ether oxygens (including phenoxy) is 3. The van der Waals surface area contributed by atoms with Crippen molar-refractivity contribution < 1.29 is 46.6 Å². The number of hydrogen-bond donors (Lipinski definition) is 3. The van der Waals surface area contributed by atoms with Gasteiger partial charge in [-0.3, -0.25) is 23.9 Å². The number of alkyl carbamates (subject to hydrolysis) is 1. The van der Waals surface area contributed by atoms with E-state index < -0.39 is 68.4 Å². The van der Waals surface area contributed by atoms with Gasteiger partial charge < -0.3 is 29.7 Å². The molecule has 4 amide bonds. The molecule has 5 atom stereocenters. The molecule has 1 unspecified atom stereocenters. The highest BCUT2D eigenvalue weighted by Gasteiger charge is 2.62. The first-order chi connectivity index (χ1) is 26.2. The van der Waals surface area contributed by atoms with E-state index in [1.807, 2.05) is 39.0 Å². The normalized spacial score (nSPS) is 22.5. The second-order valence-corrected chi connectivity index (χ2v) is 18.5. The second kappa shape index (κ2) is 16.8. The molecule has 1 aliphatic heterocycles. The molecule has 5 rings (SSSR count). The van der Waals surface area contributed by atoms with Gasteiger partial charge in [0.2, 0.25) is 27.7 Å². The van der Waals surface area contributed by atoms with Crippen LogP contribution in [0.15, 0.2) is 42.1 Å². The number of hydrogen-bond acceptors (Lipinski definition) is 11. The third kappa shape index (κ3) is 10.6. The third-order valence-electron chi connectivity index (χ3n) is 9.86. The van der Waals surface area contributed by atoms with E-state index in [1.165, 1.54) is 11.0 Å². The van der Waals surface area contributed by atoms with E-state index in [4.69, 9.17) is 14.2 Å². The number of sulfonamides is 1. The van der Waals surface area contributed by atoms with Gasteiger partial charge in [-0.15, -0.1) is 0 Å². The van der Waals surface area contributed by atoms with E-state index in [0.717, 1.165) is 11.0 Å². The molecule has 2 aliphatic carbocycles. The van der Waals surface area contributed by atoms with Crippen LogP contribution < -0.4 is 24.8 Å². The van der Waals surface area contributed by atoms with Crippen LogP contribution in [0, 0.1) is 5.92 Å². The summed E-state index contributed by atoms with van der Waals surface area (Å²) in [4.78, 5) is 74.0. The number of pyridine rings is 1. The van der Waals surface area contributed by atoms with Gasteiger partial charge in [-0.1, -0.05) is 18.9 Å². The zero-order chi connectivity index (χ0) is 41.2. The topological polar surface area (TPSA) is 199 Å². The quantitative estimate of drug-likeness (QED) is 0.203. The standard InChI is InChI=1S/C40H55N5O10S/c1-9-26-21-40(26,37(49)44-56(51,52)30-12-13-30)43-34(47)33-20-29(54-35-31-14-11-28(53-24(4)5)19-25(31)16-17-41-35)22-45(33)36(48)32(15-10-27(46)18-23(2)3)42-38(50)55-39(6,7)8/h11,14,16-19,24,26,29-30,32-33H,9-10,12-13,15,20-22H2,1-8H3,(H,42,50)(H,43,47)(H,44,49)/t26?,29-,32+,33+,40-/m1/s1. The molecular formula is C40H55N5O10S. The van der Waals surface area contributed by atoms with Gasteiger partial charge in [0, 0.05) is 24.4 Å². The maximum Gasteiger partial charge on any atom is 0.408 e. The van der Waals surface area contributed by atoms with Gasteiger partial charge in [0.25, 0.3) is 5.91 Å². The van der Waals surface area contributed by atoms with Crippen molar-refractivity contribution in [2.75, 3.05) is 6.54 Å². The molecule has 56 heavy (non-hydrogen) atoms. The van der Waals surface area contributed by atoms with Gasteiger partial charge in [0.15, 0.2) is 5.78 Å². The number of carbonyl (C=O) groups excluding carboxylic acids is 5. The highest BCUT2D eigenvalue weighted by Crippen LogP contribution is 2.47. The van der Waals surface area contributed by atoms with E-state index >= 15 is 0 Å². The van der Waals surface area contributed by atoms with Crippen LogP contribution in [0.25, 0.3) is 10.8 Å². The SMILES string of the molecule is CCC1C[C@]1(NC(=O)[C@@H]1C[C@@H](Oc2nccc3cc(OC(C)C)ccc23)CN1C(=O)[C@H](CCC(=O)C=C(C)C)NC(=O)OC(C)(C)C)C(=O)NS(=O)(=O)C1CC1. The minimum atomic E-state index is -3.90. The molecule has 1 aromatic carbocycles. The maximum atomic E-state index is 14.5. The first-order valence-electron chi connectivity index (χ1n) is 19.3. The number of amides is 4. The van der Waals surface area contributed by atoms with Gasteiger partial charge in [-0.05, 0) is 116 Å². The van der Waals surface area contributed by atoms with Gasteiger partial charge in [0.1, 0.15) is 35.1 Å². The lowest BCUT2D eigenvalue weighted by Crippen LogP contribution is -2.58. The van der Waals surface area contributed by atoms with Crippen LogP contribution in [-0.4, -0.2) is 95.1 Å². The number of rotatable bonds is 16. The molecule has 0 radical (unpaired) electrons. The number of allylic oxidation sites excluding steroid dienone is 2. The predicted octanol–water partition coefficient (Wildman–Crippen LogP) is 4.47. The summed E-state index contributed by atoms with van der Waals surface area (Å²) in [5, 5.41) is 6.26. The molecule has 1 saturated heterocycles. The molecule has 2 saturated carbocycles. The van der Waals surface area contributed by atoms with Gasteiger partial charge in [0.05, 0.1) is 17.9 Å². The van der Waals surface area contributed by atoms with Gasteiger partial charge in [-0.25, -0.2) is 18.2 Å². The average molecular weight is 798 g/mol. The Bertz CT molecular complexity index is 1990. The Kier molecular flexibility index (Phi) is 12.7. The summed E-state index contributed by atoms with van der Waals surface area (Å²) in [7, 11) is -3.90. The Morgan fingerprint density at radius 1 is 1.09 bits per heavy atom. The smallest absolute Gasteiger partial charge is 0.408 e. The number of aromatic nitrogens is 1. The Morgan fingerprint density at radius 3 is 2.41 bits per heavy atom. The Labute approximate surface area is 328 Å². The summed E-state index contributed by atoms with van der Waals surface area (Å²) >= 11 is 0. The molecule has 0 bridgehead atoms. The first kappa shape index (κ1) is 42.4. The summed E-state index contributed by atoms with van der Waals surface area (Å²) in [6.45, 7) is 14.2. The number of fused-ring (bicyclic) bond motifs is 1. The Balaban J connectivity index is 1.45. The molecular weight excluding hydrogens is 743 g/mol. The van der Waals surface area contributed by atoms with E-state index in [1.54, 1.807) is 46.9 Å². The fraction of sp³-hybridized carbons (Fsp3) is 0.600. The van der Waals surface area contributed by atoms with Crippen molar-refractivity contribution in [1.82, 2.24) is 25.2 Å². The average Bonchev–Trinajstić information content (AvgIpc) is 4.02. The zero-order valence-electron chi connectivity index (χ0n) is 33.5. The van der Waals surface area contributed by atoms with Gasteiger partial charge >= 0.3 is 6.09 Å². The van der Waals surface area contributed by atoms with Crippen molar-refractivity contribution in [2.24, 2.45) is 5.92 Å². The summed E-state index contributed by atoms with van der Waals surface area (Å²) in [6.07, 6.45) is 2.78. The number of nitrogens with zero attached hydrogens (tertiary/aromatic N) is 2. The highest BCUT2D eigenvalue weighted by atomic mass is 32.2. The summed E-state index contributed by atoms with van der Waals surface area (Å²) in [5.41, 5.74) is -1.60. The third-order valence-corrected chi connectivity index (χ3v) is 11.7. The number of ketones is 1. The summed E-state index contributed by atoms with van der Waals surface area (Å²) < 4.78 is 45.4. The van der Waals surface area contributed by atoms with Crippen molar-refractivity contribution >= 4 is 50.4 Å². The zero-order valence-corrected chi connectivity index (χ0v) is 34.3. The molecule has 306 valence electrons. The van der Waals surface area contributed by atoms with Crippen molar-refractivity contribution in [3.63, 3.8) is 0 Å². The molecule has 15 nitrogen and oxygen atoms in total. The predicted molar refractivity (Wildman–Crippen MR) is 208 cm³/mol. The number of carbonyl (C=O) groups is 5. The molecule has 2 heterocycles. The second-order valence-electron chi connectivity index (χ2n) is 16.5. The van der Waals surface area contributed by atoms with Gasteiger partial charge in [-0.2, -0.15) is 0 Å². The Hall–Kier alpha value is -4.73. The van der Waals surface area contributed by atoms with Crippen molar-refractivity contribution in [3.05, 3.63) is 42.1 Å². The lowest BCUT2D eigenvalue weighted by atomic mass is 10.0. The number of nitrogens with one attached hydrogen (secondary N) is 3. The highest BCUT2D eigenvalue weighted by molar-refractivity contribution is 7.91. The van der Waals surface area contributed by atoms with Crippen LogP contribution in [0.5, 0.6) is 11.6 Å². The molecule has 3 N–H and O–H groups in total. The number of likely N-dealkylation sites (tertiary alicyclic amines) is 1. The van der Waals surface area contributed by atoms with Crippen molar-refractivity contribution in [1.29, 1.82) is 0 Å². The van der Waals surface area contributed by atoms with Crippen LogP contribution in [0.2, 0.25) is 0 Å². The molecule has 3 aliphatic rings. The van der Waals surface area contributed by atoms with Crippen LogP contribution >= 0.6 is 0 Å². The molecule has 2 aromatic rings. The minimum absolute atomic E-state index is 0.0189. The maximum absolute atomic E-state index is 14.5. The number of benzene rings is 1. The molecule has 16 heteroatoms. The van der Waals surface area contributed by atoms with Crippen LogP contribution in [0.4, 0.5) is 4.79 Å². The molecule has 0 spiro atoms. The van der Waals surface area contributed by atoms with Crippen molar-refractivity contribution in [3.8, 4) is 11.6 Å². The summed E-state index contributed by atoms with van der Waals surface area (Å²) in [6, 6.07) is 4.82. The van der Waals surface area contributed by atoms with Crippen molar-refractivity contribution in [2.45, 2.75) is 141 Å².